The molecule has 2 aliphatic rings. The largest absolute Gasteiger partial charge is 0.381 e. The molecule has 0 aromatic heterocycles. The van der Waals surface area contributed by atoms with E-state index >= 15 is 0 Å². The van der Waals surface area contributed by atoms with Crippen LogP contribution < -0.4 is 5.32 Å². The van der Waals surface area contributed by atoms with E-state index in [1.54, 1.807) is 0 Å². The van der Waals surface area contributed by atoms with Gasteiger partial charge in [0.15, 0.2) is 0 Å². The standard InChI is InChI=1S/C8H15NO/c1-8-2-3-10-5-7(8)4-9-6-8/h7,9H,2-6H2,1H3. The first-order valence-corrected chi connectivity index (χ1v) is 4.10. The molecule has 2 aliphatic heterocycles. The Morgan fingerprint density at radius 1 is 1.60 bits per heavy atom. The molecule has 2 saturated heterocycles. The van der Waals surface area contributed by atoms with Gasteiger partial charge in [0, 0.05) is 25.6 Å². The van der Waals surface area contributed by atoms with E-state index in [2.05, 4.69) is 12.2 Å². The summed E-state index contributed by atoms with van der Waals surface area (Å²) >= 11 is 0. The van der Waals surface area contributed by atoms with Crippen LogP contribution in [0, 0.1) is 11.3 Å². The zero-order chi connectivity index (χ0) is 7.03. The third kappa shape index (κ3) is 0.867. The molecule has 58 valence electrons. The first kappa shape index (κ1) is 6.62. The predicted octanol–water partition coefficient (Wildman–Crippen LogP) is 0.632. The van der Waals surface area contributed by atoms with E-state index in [-0.39, 0.29) is 0 Å². The summed E-state index contributed by atoms with van der Waals surface area (Å²) in [5.41, 5.74) is 0.554. The van der Waals surface area contributed by atoms with Crippen LogP contribution in [0.2, 0.25) is 0 Å². The highest BCUT2D eigenvalue weighted by Gasteiger charge is 2.40. The van der Waals surface area contributed by atoms with Gasteiger partial charge in [0.25, 0.3) is 0 Å². The second kappa shape index (κ2) is 2.21. The fourth-order valence-corrected chi connectivity index (χ4v) is 2.01. The molecule has 2 fully saturated rings. The highest BCUT2D eigenvalue weighted by atomic mass is 16.5. The quantitative estimate of drug-likeness (QED) is 0.534. The average Bonchev–Trinajstić information content (AvgIpc) is 2.29. The Hall–Kier alpha value is -0.0800. The molecular formula is C8H15NO. The van der Waals surface area contributed by atoms with Crippen LogP contribution in [0.25, 0.3) is 0 Å². The van der Waals surface area contributed by atoms with Crippen molar-refractivity contribution in [3.8, 4) is 0 Å². The maximum absolute atomic E-state index is 5.41. The molecule has 0 aliphatic carbocycles. The Balaban J connectivity index is 2.10. The molecule has 0 radical (unpaired) electrons. The van der Waals surface area contributed by atoms with Crippen molar-refractivity contribution in [2.24, 2.45) is 11.3 Å². The monoisotopic (exact) mass is 141 g/mol. The summed E-state index contributed by atoms with van der Waals surface area (Å²) < 4.78 is 5.41. The lowest BCUT2D eigenvalue weighted by atomic mass is 9.76. The average molecular weight is 141 g/mol. The van der Waals surface area contributed by atoms with Crippen LogP contribution in [0.3, 0.4) is 0 Å². The molecule has 2 heteroatoms. The third-order valence-electron chi connectivity index (χ3n) is 3.04. The Morgan fingerprint density at radius 3 is 3.30 bits per heavy atom. The van der Waals surface area contributed by atoms with Crippen molar-refractivity contribution in [3.63, 3.8) is 0 Å². The summed E-state index contributed by atoms with van der Waals surface area (Å²) in [5.74, 6) is 0.779. The van der Waals surface area contributed by atoms with Gasteiger partial charge >= 0.3 is 0 Å². The van der Waals surface area contributed by atoms with E-state index in [1.165, 1.54) is 13.0 Å². The Morgan fingerprint density at radius 2 is 2.50 bits per heavy atom. The normalized spacial score (nSPS) is 47.1. The number of nitrogens with one attached hydrogen (secondary N) is 1. The van der Waals surface area contributed by atoms with Crippen LogP contribution in [0.4, 0.5) is 0 Å². The minimum atomic E-state index is 0.554. The van der Waals surface area contributed by atoms with Gasteiger partial charge in [0.2, 0.25) is 0 Å². The summed E-state index contributed by atoms with van der Waals surface area (Å²) in [6.45, 7) is 6.68. The van der Waals surface area contributed by atoms with Crippen molar-refractivity contribution in [1.82, 2.24) is 5.32 Å². The van der Waals surface area contributed by atoms with E-state index in [0.29, 0.717) is 5.41 Å². The van der Waals surface area contributed by atoms with E-state index in [1.807, 2.05) is 0 Å². The van der Waals surface area contributed by atoms with Crippen molar-refractivity contribution in [1.29, 1.82) is 0 Å². The molecule has 2 unspecified atom stereocenters. The Bertz CT molecular complexity index is 137. The summed E-state index contributed by atoms with van der Waals surface area (Å²) in [6, 6.07) is 0. The Kier molecular flexibility index (Phi) is 1.46. The fraction of sp³-hybridized carbons (Fsp3) is 1.00. The molecule has 0 amide bonds. The molecule has 2 atom stereocenters. The topological polar surface area (TPSA) is 21.3 Å². The van der Waals surface area contributed by atoms with Gasteiger partial charge in [-0.25, -0.2) is 0 Å². The molecule has 2 nitrogen and oxygen atoms in total. The SMILES string of the molecule is CC12CCOCC1CNC2. The molecule has 0 aromatic carbocycles. The number of fused-ring (bicyclic) bond motifs is 1. The van der Waals surface area contributed by atoms with Gasteiger partial charge in [0.05, 0.1) is 6.61 Å². The number of hydrogen-bond donors (Lipinski definition) is 1. The molecule has 0 saturated carbocycles. The van der Waals surface area contributed by atoms with Crippen LogP contribution >= 0.6 is 0 Å². The molecular weight excluding hydrogens is 126 g/mol. The maximum atomic E-state index is 5.41. The van der Waals surface area contributed by atoms with Crippen molar-refractivity contribution in [2.75, 3.05) is 26.3 Å². The maximum Gasteiger partial charge on any atom is 0.0512 e. The van der Waals surface area contributed by atoms with Gasteiger partial charge in [0.1, 0.15) is 0 Å². The number of ether oxygens (including phenoxy) is 1. The first-order chi connectivity index (χ1) is 4.81. The highest BCUT2D eigenvalue weighted by Crippen LogP contribution is 2.37. The number of rotatable bonds is 0. The molecule has 1 N–H and O–H groups in total. The van der Waals surface area contributed by atoms with E-state index < -0.39 is 0 Å². The molecule has 0 aromatic rings. The lowest BCUT2D eigenvalue weighted by Crippen LogP contribution is -2.35. The molecule has 0 spiro atoms. The smallest absolute Gasteiger partial charge is 0.0512 e. The van der Waals surface area contributed by atoms with Gasteiger partial charge in [-0.05, 0) is 11.8 Å². The van der Waals surface area contributed by atoms with Gasteiger partial charge in [-0.2, -0.15) is 0 Å². The Labute approximate surface area is 61.9 Å². The third-order valence-corrected chi connectivity index (χ3v) is 3.04. The van der Waals surface area contributed by atoms with E-state index in [9.17, 15) is 0 Å². The van der Waals surface area contributed by atoms with Gasteiger partial charge in [-0.3, -0.25) is 0 Å². The second-order valence-electron chi connectivity index (χ2n) is 3.81. The van der Waals surface area contributed by atoms with Gasteiger partial charge < -0.3 is 10.1 Å². The first-order valence-electron chi connectivity index (χ1n) is 4.10. The summed E-state index contributed by atoms with van der Waals surface area (Å²) in [4.78, 5) is 0. The van der Waals surface area contributed by atoms with Crippen molar-refractivity contribution >= 4 is 0 Å². The molecule has 2 heterocycles. The van der Waals surface area contributed by atoms with Crippen molar-refractivity contribution in [2.45, 2.75) is 13.3 Å². The van der Waals surface area contributed by atoms with Crippen molar-refractivity contribution < 1.29 is 4.74 Å². The van der Waals surface area contributed by atoms with Crippen molar-refractivity contribution in [3.05, 3.63) is 0 Å². The van der Waals surface area contributed by atoms with Gasteiger partial charge in [-0.1, -0.05) is 6.92 Å². The lowest BCUT2D eigenvalue weighted by Gasteiger charge is -2.34. The van der Waals surface area contributed by atoms with Crippen LogP contribution in [0.15, 0.2) is 0 Å². The zero-order valence-corrected chi connectivity index (χ0v) is 6.52. The highest BCUT2D eigenvalue weighted by molar-refractivity contribution is 4.93. The minimum absolute atomic E-state index is 0.554. The molecule has 2 rings (SSSR count). The van der Waals surface area contributed by atoms with Crippen LogP contribution in [-0.4, -0.2) is 26.3 Å². The summed E-state index contributed by atoms with van der Waals surface area (Å²) in [5, 5.41) is 3.42. The second-order valence-corrected chi connectivity index (χ2v) is 3.81. The van der Waals surface area contributed by atoms with E-state index in [0.717, 1.165) is 25.7 Å². The fourth-order valence-electron chi connectivity index (χ4n) is 2.01. The minimum Gasteiger partial charge on any atom is -0.381 e. The van der Waals surface area contributed by atoms with Crippen LogP contribution in [0.5, 0.6) is 0 Å². The summed E-state index contributed by atoms with van der Waals surface area (Å²) in [6.07, 6.45) is 1.24. The zero-order valence-electron chi connectivity index (χ0n) is 6.52. The van der Waals surface area contributed by atoms with Crippen LogP contribution in [0.1, 0.15) is 13.3 Å². The molecule has 10 heavy (non-hydrogen) atoms. The lowest BCUT2D eigenvalue weighted by molar-refractivity contribution is -0.00560. The van der Waals surface area contributed by atoms with Gasteiger partial charge in [-0.15, -0.1) is 0 Å². The predicted molar refractivity (Wildman–Crippen MR) is 39.9 cm³/mol. The molecule has 0 bridgehead atoms. The van der Waals surface area contributed by atoms with E-state index in [4.69, 9.17) is 4.74 Å². The summed E-state index contributed by atoms with van der Waals surface area (Å²) in [7, 11) is 0. The number of hydrogen-bond acceptors (Lipinski definition) is 2. The van der Waals surface area contributed by atoms with Crippen LogP contribution in [-0.2, 0) is 4.74 Å².